The summed E-state index contributed by atoms with van der Waals surface area (Å²) >= 11 is 0. The van der Waals surface area contributed by atoms with E-state index in [0.29, 0.717) is 5.56 Å². The van der Waals surface area contributed by atoms with E-state index in [2.05, 4.69) is 0 Å². The van der Waals surface area contributed by atoms with E-state index in [1.807, 2.05) is 0 Å². The standard InChI is InChI=1S/C7H6N2O5.Na.H/c1-4-2-5(8(11)12)7(10)6(3-4)9(13)14;;/h2-3,10H,1H3;;/q;+1;-1. The molecule has 0 atom stereocenters. The van der Waals surface area contributed by atoms with Crippen molar-refractivity contribution in [2.45, 2.75) is 6.92 Å². The third kappa shape index (κ3) is 2.88. The summed E-state index contributed by atoms with van der Waals surface area (Å²) in [4.78, 5) is 19.0. The Bertz CT molecular complexity index is 390. The van der Waals surface area contributed by atoms with Crippen LogP contribution in [0.5, 0.6) is 5.75 Å². The Hall–Kier alpha value is -1.18. The predicted molar refractivity (Wildman–Crippen MR) is 47.3 cm³/mol. The molecule has 76 valence electrons. The van der Waals surface area contributed by atoms with Gasteiger partial charge < -0.3 is 6.53 Å². The van der Waals surface area contributed by atoms with Gasteiger partial charge in [0.2, 0.25) is 0 Å². The van der Waals surface area contributed by atoms with Gasteiger partial charge in [-0.05, 0) is 12.5 Å². The van der Waals surface area contributed by atoms with E-state index in [-0.39, 0.29) is 31.0 Å². The van der Waals surface area contributed by atoms with Crippen LogP contribution in [-0.2, 0) is 0 Å². The van der Waals surface area contributed by atoms with Crippen molar-refractivity contribution in [3.8, 4) is 5.75 Å². The number of rotatable bonds is 2. The van der Waals surface area contributed by atoms with Crippen LogP contribution in [-0.4, -0.2) is 15.0 Å². The second kappa shape index (κ2) is 5.06. The number of aryl methyl sites for hydroxylation is 1. The first-order chi connectivity index (χ1) is 6.43. The van der Waals surface area contributed by atoms with Crippen LogP contribution in [0.25, 0.3) is 0 Å². The molecular formula is C7H7N2NaO5. The van der Waals surface area contributed by atoms with E-state index in [0.717, 1.165) is 12.1 Å². The molecule has 1 N–H and O–H groups in total. The average molecular weight is 222 g/mol. The topological polar surface area (TPSA) is 107 Å². The van der Waals surface area contributed by atoms with Crippen molar-refractivity contribution in [1.82, 2.24) is 0 Å². The van der Waals surface area contributed by atoms with Crippen LogP contribution in [0.2, 0.25) is 0 Å². The molecular weight excluding hydrogens is 215 g/mol. The van der Waals surface area contributed by atoms with E-state index in [1.165, 1.54) is 6.92 Å². The second-order valence-electron chi connectivity index (χ2n) is 2.67. The Kier molecular flexibility index (Phi) is 4.66. The first-order valence-electron chi connectivity index (χ1n) is 3.56. The smallest absolute Gasteiger partial charge is 1.00 e. The average Bonchev–Trinajstić information content (AvgIpc) is 2.07. The summed E-state index contributed by atoms with van der Waals surface area (Å²) in [5.74, 6) is -0.911. The Balaban J connectivity index is 0. The van der Waals surface area contributed by atoms with Crippen molar-refractivity contribution < 1.29 is 45.9 Å². The van der Waals surface area contributed by atoms with E-state index < -0.39 is 27.0 Å². The van der Waals surface area contributed by atoms with Gasteiger partial charge in [-0.2, -0.15) is 0 Å². The monoisotopic (exact) mass is 222 g/mol. The first kappa shape index (κ1) is 13.8. The van der Waals surface area contributed by atoms with Gasteiger partial charge in [-0.25, -0.2) is 0 Å². The molecule has 1 rings (SSSR count). The quantitative estimate of drug-likeness (QED) is 0.377. The minimum atomic E-state index is -0.911. The zero-order valence-corrected chi connectivity index (χ0v) is 10.1. The molecule has 0 aliphatic rings. The Labute approximate surface area is 108 Å². The largest absolute Gasteiger partial charge is 1.00 e. The van der Waals surface area contributed by atoms with Crippen LogP contribution < -0.4 is 29.6 Å². The summed E-state index contributed by atoms with van der Waals surface area (Å²) in [6, 6.07) is 2.14. The van der Waals surface area contributed by atoms with Gasteiger partial charge in [0.25, 0.3) is 5.75 Å². The maximum absolute atomic E-state index is 10.4. The normalized spacial score (nSPS) is 9.13. The second-order valence-corrected chi connectivity index (χ2v) is 2.67. The van der Waals surface area contributed by atoms with Crippen molar-refractivity contribution in [2.24, 2.45) is 0 Å². The molecule has 0 heterocycles. The fourth-order valence-electron chi connectivity index (χ4n) is 1.02. The van der Waals surface area contributed by atoms with E-state index in [1.54, 1.807) is 0 Å². The van der Waals surface area contributed by atoms with Crippen LogP contribution >= 0.6 is 0 Å². The zero-order valence-electron chi connectivity index (χ0n) is 9.13. The van der Waals surface area contributed by atoms with Crippen molar-refractivity contribution in [1.29, 1.82) is 0 Å². The van der Waals surface area contributed by atoms with Gasteiger partial charge in [-0.3, -0.25) is 20.2 Å². The van der Waals surface area contributed by atoms with Crippen molar-refractivity contribution in [3.05, 3.63) is 37.9 Å². The zero-order chi connectivity index (χ0) is 10.9. The van der Waals surface area contributed by atoms with Crippen LogP contribution in [0, 0.1) is 27.2 Å². The van der Waals surface area contributed by atoms with Crippen LogP contribution in [0.4, 0.5) is 11.4 Å². The molecule has 0 amide bonds. The minimum Gasteiger partial charge on any atom is -1.00 e. The molecule has 15 heavy (non-hydrogen) atoms. The molecule has 0 saturated carbocycles. The van der Waals surface area contributed by atoms with Gasteiger partial charge in [-0.15, -0.1) is 0 Å². The summed E-state index contributed by atoms with van der Waals surface area (Å²) in [5.41, 5.74) is -0.963. The van der Waals surface area contributed by atoms with Crippen molar-refractivity contribution >= 4 is 11.4 Å². The number of nitro benzene ring substituents is 2. The summed E-state index contributed by atoms with van der Waals surface area (Å²) in [7, 11) is 0. The number of phenolic OH excluding ortho intramolecular Hbond substituents is 1. The van der Waals surface area contributed by atoms with Gasteiger partial charge in [-0.1, -0.05) is 0 Å². The third-order valence-corrected chi connectivity index (χ3v) is 1.61. The molecule has 0 saturated heterocycles. The Morgan fingerprint density at radius 1 is 1.20 bits per heavy atom. The van der Waals surface area contributed by atoms with Gasteiger partial charge >= 0.3 is 40.9 Å². The van der Waals surface area contributed by atoms with Crippen LogP contribution in [0.1, 0.15) is 6.99 Å². The predicted octanol–water partition coefficient (Wildman–Crippen LogP) is -1.37. The van der Waals surface area contributed by atoms with Gasteiger partial charge in [0.1, 0.15) is 0 Å². The molecule has 0 aromatic heterocycles. The molecule has 0 spiro atoms. The molecule has 7 nitrogen and oxygen atoms in total. The summed E-state index contributed by atoms with van der Waals surface area (Å²) < 4.78 is 0. The van der Waals surface area contributed by atoms with E-state index >= 15 is 0 Å². The van der Waals surface area contributed by atoms with Crippen LogP contribution in [0.15, 0.2) is 12.1 Å². The number of aromatic hydroxyl groups is 1. The Morgan fingerprint density at radius 3 is 1.80 bits per heavy atom. The van der Waals surface area contributed by atoms with E-state index in [9.17, 15) is 25.3 Å². The van der Waals surface area contributed by atoms with E-state index in [4.69, 9.17) is 0 Å². The van der Waals surface area contributed by atoms with Crippen molar-refractivity contribution in [3.63, 3.8) is 0 Å². The molecule has 0 fully saturated rings. The SMILES string of the molecule is Cc1cc([N+](=O)[O-])c(O)c([N+](=O)[O-])c1.[H-].[Na+]. The number of benzene rings is 1. The van der Waals surface area contributed by atoms with Crippen molar-refractivity contribution in [2.75, 3.05) is 0 Å². The van der Waals surface area contributed by atoms with Gasteiger partial charge in [0.05, 0.1) is 9.85 Å². The molecule has 0 radical (unpaired) electrons. The number of hydrogen-bond acceptors (Lipinski definition) is 5. The number of nitrogens with zero attached hydrogens (tertiary/aromatic N) is 2. The summed E-state index contributed by atoms with van der Waals surface area (Å²) in [6.45, 7) is 1.47. The summed E-state index contributed by atoms with van der Waals surface area (Å²) in [6.07, 6.45) is 0. The molecule has 8 heteroatoms. The van der Waals surface area contributed by atoms with Gasteiger partial charge in [0, 0.05) is 12.1 Å². The van der Waals surface area contributed by atoms with Crippen LogP contribution in [0.3, 0.4) is 0 Å². The third-order valence-electron chi connectivity index (χ3n) is 1.61. The molecule has 0 aliphatic carbocycles. The number of hydrogen-bond donors (Lipinski definition) is 1. The molecule has 1 aromatic rings. The molecule has 1 aromatic carbocycles. The van der Waals surface area contributed by atoms with Gasteiger partial charge in [0.15, 0.2) is 0 Å². The molecule has 0 bridgehead atoms. The fourth-order valence-corrected chi connectivity index (χ4v) is 1.02. The summed E-state index contributed by atoms with van der Waals surface area (Å²) in [5, 5.41) is 29.9. The minimum absolute atomic E-state index is 0. The fraction of sp³-hybridized carbons (Fsp3) is 0.143. The first-order valence-corrected chi connectivity index (χ1v) is 3.56. The maximum atomic E-state index is 10.4. The maximum Gasteiger partial charge on any atom is 1.00 e. The molecule has 0 unspecified atom stereocenters. The number of nitro groups is 2. The Morgan fingerprint density at radius 2 is 1.53 bits per heavy atom. The number of phenols is 1. The molecule has 0 aliphatic heterocycles.